The Morgan fingerprint density at radius 3 is 2.80 bits per heavy atom. The molecular formula is C8H14N6O. The molecule has 15 heavy (non-hydrogen) atoms. The molecule has 1 aliphatic heterocycles. The average molecular weight is 210 g/mol. The van der Waals surface area contributed by atoms with E-state index < -0.39 is 0 Å². The van der Waals surface area contributed by atoms with Gasteiger partial charge in [-0.15, -0.1) is 10.2 Å². The summed E-state index contributed by atoms with van der Waals surface area (Å²) < 4.78 is 0. The number of nitrogens with one attached hydrogen (secondary N) is 2. The minimum absolute atomic E-state index is 0.135. The molecule has 1 fully saturated rings. The zero-order valence-corrected chi connectivity index (χ0v) is 8.60. The predicted molar refractivity (Wildman–Crippen MR) is 52.2 cm³/mol. The topological polar surface area (TPSA) is 86.8 Å². The molecule has 1 aromatic rings. The summed E-state index contributed by atoms with van der Waals surface area (Å²) in [5, 5.41) is 16.3. The first-order chi connectivity index (χ1) is 7.29. The minimum Gasteiger partial charge on any atom is -0.336 e. The molecule has 0 aliphatic carbocycles. The third-order valence-electron chi connectivity index (χ3n) is 2.71. The van der Waals surface area contributed by atoms with Crippen LogP contribution < -0.4 is 5.32 Å². The molecule has 0 spiro atoms. The standard InChI is InChI=1S/C8H14N6O/c1-14(6-2-4-9-5-3-6)8(15)7-10-12-13-11-7/h6,9H,2-5H2,1H3,(H,10,11,12,13). The number of carbonyl (C=O) groups excluding carboxylic acids is 1. The Morgan fingerprint density at radius 1 is 1.47 bits per heavy atom. The normalized spacial score (nSPS) is 17.7. The number of rotatable bonds is 2. The molecule has 1 aromatic heterocycles. The van der Waals surface area contributed by atoms with Crippen molar-refractivity contribution in [1.29, 1.82) is 0 Å². The molecule has 2 rings (SSSR count). The minimum atomic E-state index is -0.171. The summed E-state index contributed by atoms with van der Waals surface area (Å²) >= 11 is 0. The van der Waals surface area contributed by atoms with E-state index in [9.17, 15) is 4.79 Å². The fourth-order valence-corrected chi connectivity index (χ4v) is 1.77. The van der Waals surface area contributed by atoms with Gasteiger partial charge in [0, 0.05) is 13.1 Å². The highest BCUT2D eigenvalue weighted by atomic mass is 16.2. The van der Waals surface area contributed by atoms with Gasteiger partial charge in [0.2, 0.25) is 0 Å². The van der Waals surface area contributed by atoms with E-state index in [-0.39, 0.29) is 17.8 Å². The molecule has 0 unspecified atom stereocenters. The average Bonchev–Trinajstić information content (AvgIpc) is 2.82. The Bertz CT molecular complexity index is 318. The van der Waals surface area contributed by atoms with E-state index in [1.807, 2.05) is 0 Å². The van der Waals surface area contributed by atoms with Gasteiger partial charge in [-0.25, -0.2) is 0 Å². The number of piperidine rings is 1. The number of H-pyrrole nitrogens is 1. The van der Waals surface area contributed by atoms with Gasteiger partial charge in [-0.3, -0.25) is 4.79 Å². The van der Waals surface area contributed by atoms with Gasteiger partial charge in [0.1, 0.15) is 0 Å². The Kier molecular flexibility index (Phi) is 2.91. The number of hydrogen-bond donors (Lipinski definition) is 2. The molecule has 1 aliphatic rings. The molecule has 7 nitrogen and oxygen atoms in total. The first-order valence-corrected chi connectivity index (χ1v) is 5.00. The van der Waals surface area contributed by atoms with E-state index in [4.69, 9.17) is 0 Å². The second-order valence-electron chi connectivity index (χ2n) is 3.63. The third-order valence-corrected chi connectivity index (χ3v) is 2.71. The molecule has 0 saturated carbocycles. The maximum atomic E-state index is 11.8. The molecule has 1 amide bonds. The number of aromatic nitrogens is 4. The van der Waals surface area contributed by atoms with E-state index >= 15 is 0 Å². The van der Waals surface area contributed by atoms with Gasteiger partial charge in [0.15, 0.2) is 0 Å². The summed E-state index contributed by atoms with van der Waals surface area (Å²) in [7, 11) is 1.79. The van der Waals surface area contributed by atoms with Crippen LogP contribution in [-0.2, 0) is 0 Å². The highest BCUT2D eigenvalue weighted by Gasteiger charge is 2.24. The monoisotopic (exact) mass is 210 g/mol. The van der Waals surface area contributed by atoms with Crippen molar-refractivity contribution < 1.29 is 4.79 Å². The van der Waals surface area contributed by atoms with E-state index in [0.717, 1.165) is 25.9 Å². The van der Waals surface area contributed by atoms with Gasteiger partial charge >= 0.3 is 0 Å². The van der Waals surface area contributed by atoms with E-state index in [0.29, 0.717) is 0 Å². The first kappa shape index (κ1) is 10.0. The van der Waals surface area contributed by atoms with Crippen molar-refractivity contribution in [2.75, 3.05) is 20.1 Å². The Labute approximate surface area is 87.2 Å². The zero-order valence-electron chi connectivity index (χ0n) is 8.60. The number of aromatic amines is 1. The molecule has 82 valence electrons. The van der Waals surface area contributed by atoms with Crippen molar-refractivity contribution in [2.45, 2.75) is 18.9 Å². The number of tetrazole rings is 1. The van der Waals surface area contributed by atoms with Crippen LogP contribution in [0.4, 0.5) is 0 Å². The van der Waals surface area contributed by atoms with Gasteiger partial charge in [0.25, 0.3) is 11.7 Å². The lowest BCUT2D eigenvalue weighted by molar-refractivity contribution is 0.0691. The highest BCUT2D eigenvalue weighted by Crippen LogP contribution is 2.11. The molecule has 0 bridgehead atoms. The van der Waals surface area contributed by atoms with Crippen LogP contribution in [0.5, 0.6) is 0 Å². The van der Waals surface area contributed by atoms with Gasteiger partial charge in [0.05, 0.1) is 0 Å². The third kappa shape index (κ3) is 2.12. The lowest BCUT2D eigenvalue weighted by Gasteiger charge is -2.30. The fraction of sp³-hybridized carbons (Fsp3) is 0.750. The molecular weight excluding hydrogens is 196 g/mol. The molecule has 0 atom stereocenters. The second-order valence-corrected chi connectivity index (χ2v) is 3.63. The van der Waals surface area contributed by atoms with Gasteiger partial charge < -0.3 is 10.2 Å². The lowest BCUT2D eigenvalue weighted by atomic mass is 10.1. The molecule has 1 saturated heterocycles. The van der Waals surface area contributed by atoms with Crippen molar-refractivity contribution in [1.82, 2.24) is 30.8 Å². The molecule has 2 N–H and O–H groups in total. The molecule has 2 heterocycles. The smallest absolute Gasteiger partial charge is 0.295 e. The molecule has 0 radical (unpaired) electrons. The predicted octanol–water partition coefficient (Wildman–Crippen LogP) is -0.976. The fourth-order valence-electron chi connectivity index (χ4n) is 1.77. The largest absolute Gasteiger partial charge is 0.336 e. The van der Waals surface area contributed by atoms with Gasteiger partial charge in [-0.1, -0.05) is 0 Å². The Hall–Kier alpha value is -1.50. The number of amides is 1. The van der Waals surface area contributed by atoms with Crippen LogP contribution in [0.2, 0.25) is 0 Å². The summed E-state index contributed by atoms with van der Waals surface area (Å²) in [6.07, 6.45) is 1.94. The van der Waals surface area contributed by atoms with Crippen LogP contribution in [0.1, 0.15) is 23.5 Å². The van der Waals surface area contributed by atoms with Crippen LogP contribution in [0.15, 0.2) is 0 Å². The molecule has 7 heteroatoms. The summed E-state index contributed by atoms with van der Waals surface area (Å²) in [4.78, 5) is 13.5. The highest BCUT2D eigenvalue weighted by molar-refractivity contribution is 5.90. The van der Waals surface area contributed by atoms with Crippen molar-refractivity contribution in [2.24, 2.45) is 0 Å². The number of nitrogens with zero attached hydrogens (tertiary/aromatic N) is 4. The number of carbonyl (C=O) groups is 1. The van der Waals surface area contributed by atoms with Crippen molar-refractivity contribution in [3.05, 3.63) is 5.82 Å². The van der Waals surface area contributed by atoms with Crippen LogP contribution >= 0.6 is 0 Å². The van der Waals surface area contributed by atoms with Gasteiger partial charge in [-0.05, 0) is 31.1 Å². The van der Waals surface area contributed by atoms with Crippen molar-refractivity contribution in [3.63, 3.8) is 0 Å². The number of hydrogen-bond acceptors (Lipinski definition) is 5. The molecule has 0 aromatic carbocycles. The van der Waals surface area contributed by atoms with E-state index in [1.54, 1.807) is 11.9 Å². The quantitative estimate of drug-likeness (QED) is 0.655. The Morgan fingerprint density at radius 2 is 2.20 bits per heavy atom. The van der Waals surface area contributed by atoms with E-state index in [2.05, 4.69) is 25.9 Å². The Balaban J connectivity index is 2.00. The maximum absolute atomic E-state index is 11.8. The maximum Gasteiger partial charge on any atom is 0.295 e. The van der Waals surface area contributed by atoms with Crippen molar-refractivity contribution in [3.8, 4) is 0 Å². The van der Waals surface area contributed by atoms with Crippen molar-refractivity contribution >= 4 is 5.91 Å². The van der Waals surface area contributed by atoms with Crippen LogP contribution in [0.3, 0.4) is 0 Å². The summed E-state index contributed by atoms with van der Waals surface area (Å²) in [6, 6.07) is 0.275. The van der Waals surface area contributed by atoms with Gasteiger partial charge in [-0.2, -0.15) is 5.21 Å². The van der Waals surface area contributed by atoms with Crippen LogP contribution in [0.25, 0.3) is 0 Å². The first-order valence-electron chi connectivity index (χ1n) is 5.00. The zero-order chi connectivity index (χ0) is 10.7. The summed E-state index contributed by atoms with van der Waals surface area (Å²) in [5.41, 5.74) is 0. The van der Waals surface area contributed by atoms with Crippen LogP contribution in [-0.4, -0.2) is 57.6 Å². The SMILES string of the molecule is CN(C(=O)c1nn[nH]n1)C1CCNCC1. The van der Waals surface area contributed by atoms with Crippen LogP contribution in [0, 0.1) is 0 Å². The second kappa shape index (κ2) is 4.35. The van der Waals surface area contributed by atoms with E-state index in [1.165, 1.54) is 0 Å². The summed E-state index contributed by atoms with van der Waals surface area (Å²) in [5.74, 6) is -0.0355. The lowest BCUT2D eigenvalue weighted by Crippen LogP contribution is -2.44. The summed E-state index contributed by atoms with van der Waals surface area (Å²) in [6.45, 7) is 1.91.